The maximum Gasteiger partial charge on any atom is 0.0966 e. The van der Waals surface area contributed by atoms with E-state index in [1.807, 2.05) is 6.08 Å². The summed E-state index contributed by atoms with van der Waals surface area (Å²) >= 11 is 0. The minimum Gasteiger partial charge on any atom is -0.331 e. The van der Waals surface area contributed by atoms with Gasteiger partial charge in [-0.2, -0.15) is 0 Å². The summed E-state index contributed by atoms with van der Waals surface area (Å²) in [7, 11) is 11.3. The van der Waals surface area contributed by atoms with Crippen LogP contribution in [0.15, 0.2) is 12.7 Å². The zero-order valence-electron chi connectivity index (χ0n) is 10.0. The molecule has 0 amide bonds. The lowest BCUT2D eigenvalue weighted by molar-refractivity contribution is -0.898. The molecule has 0 unspecified atom stereocenters. The molecule has 0 N–H and O–H groups in total. The highest BCUT2D eigenvalue weighted by atomic mass is 15.3. The maximum atomic E-state index is 3.78. The van der Waals surface area contributed by atoms with Crippen LogP contribution in [0, 0.1) is 0 Å². The van der Waals surface area contributed by atoms with Crippen LogP contribution in [-0.4, -0.2) is 63.8 Å². The van der Waals surface area contributed by atoms with E-state index in [1.165, 1.54) is 19.5 Å². The molecule has 0 fully saturated rings. The molecule has 0 rings (SSSR count). The Balaban J connectivity index is 3.69. The zero-order valence-corrected chi connectivity index (χ0v) is 10.0. The van der Waals surface area contributed by atoms with Crippen LogP contribution >= 0.6 is 0 Å². The predicted octanol–water partition coefficient (Wildman–Crippen LogP) is 1.35. The molecule has 0 bridgehead atoms. The van der Waals surface area contributed by atoms with Crippen LogP contribution < -0.4 is 0 Å². The van der Waals surface area contributed by atoms with Crippen molar-refractivity contribution in [1.82, 2.24) is 0 Å². The molecular formula is C11H26N2+2. The lowest BCUT2D eigenvalue weighted by Crippen LogP contribution is -2.43. The van der Waals surface area contributed by atoms with Crippen molar-refractivity contribution in [2.45, 2.75) is 6.42 Å². The largest absolute Gasteiger partial charge is 0.331 e. The summed E-state index contributed by atoms with van der Waals surface area (Å²) in [6.07, 6.45) is 3.29. The van der Waals surface area contributed by atoms with Gasteiger partial charge in [0.15, 0.2) is 0 Å². The van der Waals surface area contributed by atoms with E-state index in [-0.39, 0.29) is 0 Å². The Hall–Kier alpha value is -0.340. The highest BCUT2D eigenvalue weighted by Crippen LogP contribution is 2.01. The van der Waals surface area contributed by atoms with E-state index >= 15 is 0 Å². The fourth-order valence-corrected chi connectivity index (χ4v) is 1.41. The third-order valence-electron chi connectivity index (χ3n) is 2.22. The van der Waals surface area contributed by atoms with Crippen LogP contribution in [0.25, 0.3) is 0 Å². The minimum absolute atomic E-state index is 1.06. The van der Waals surface area contributed by atoms with Crippen molar-refractivity contribution in [2.75, 3.05) is 54.9 Å². The van der Waals surface area contributed by atoms with Crippen molar-refractivity contribution in [3.63, 3.8) is 0 Å². The Bertz CT molecular complexity index is 154. The Labute approximate surface area is 83.6 Å². The predicted molar refractivity (Wildman–Crippen MR) is 59.6 cm³/mol. The molecular weight excluding hydrogens is 160 g/mol. The van der Waals surface area contributed by atoms with Gasteiger partial charge in [-0.3, -0.25) is 0 Å². The summed E-state index contributed by atoms with van der Waals surface area (Å²) in [5.74, 6) is 0. The number of hydrogen-bond donors (Lipinski definition) is 0. The van der Waals surface area contributed by atoms with Gasteiger partial charge in [-0.1, -0.05) is 6.58 Å². The summed E-state index contributed by atoms with van der Waals surface area (Å²) < 4.78 is 2.12. The highest BCUT2D eigenvalue weighted by Gasteiger charge is 2.14. The number of likely N-dealkylation sites (N-methyl/N-ethyl adjacent to an activating group) is 1. The molecule has 13 heavy (non-hydrogen) atoms. The monoisotopic (exact) mass is 186 g/mol. The molecule has 0 saturated heterocycles. The molecule has 0 saturated carbocycles. The summed E-state index contributed by atoms with van der Waals surface area (Å²) in [5.41, 5.74) is 0. The Morgan fingerprint density at radius 2 is 1.54 bits per heavy atom. The van der Waals surface area contributed by atoms with Crippen LogP contribution in [0.5, 0.6) is 0 Å². The van der Waals surface area contributed by atoms with Gasteiger partial charge < -0.3 is 8.97 Å². The second kappa shape index (κ2) is 4.77. The zero-order chi connectivity index (χ0) is 10.5. The van der Waals surface area contributed by atoms with Crippen LogP contribution in [0.1, 0.15) is 6.42 Å². The average molecular weight is 186 g/mol. The molecule has 0 aromatic carbocycles. The fraction of sp³-hybridized carbons (Fsp3) is 0.818. The smallest absolute Gasteiger partial charge is 0.0966 e. The van der Waals surface area contributed by atoms with E-state index < -0.39 is 0 Å². The van der Waals surface area contributed by atoms with Crippen molar-refractivity contribution < 1.29 is 8.97 Å². The van der Waals surface area contributed by atoms with Crippen molar-refractivity contribution in [1.29, 1.82) is 0 Å². The molecule has 0 aromatic rings. The molecule has 0 aliphatic heterocycles. The van der Waals surface area contributed by atoms with Gasteiger partial charge in [0.2, 0.25) is 0 Å². The lowest BCUT2D eigenvalue weighted by atomic mass is 10.3. The van der Waals surface area contributed by atoms with Crippen molar-refractivity contribution in [3.8, 4) is 0 Å². The van der Waals surface area contributed by atoms with Crippen molar-refractivity contribution in [3.05, 3.63) is 12.7 Å². The summed E-state index contributed by atoms with van der Waals surface area (Å²) in [4.78, 5) is 0. The number of hydrogen-bond acceptors (Lipinski definition) is 0. The van der Waals surface area contributed by atoms with Crippen LogP contribution in [-0.2, 0) is 0 Å². The standard InChI is InChI=1S/C11H26N2/c1-7-9-13(5,6)11-8-10-12(2,3)4/h7H,1,8-11H2,2-6H3/q+2. The van der Waals surface area contributed by atoms with E-state index in [1.54, 1.807) is 0 Å². The van der Waals surface area contributed by atoms with E-state index in [0.29, 0.717) is 0 Å². The average Bonchev–Trinajstić information content (AvgIpc) is 1.82. The molecule has 0 heterocycles. The number of quaternary nitrogens is 2. The SMILES string of the molecule is C=CC[N+](C)(C)CCC[N+](C)(C)C. The third kappa shape index (κ3) is 8.00. The molecule has 0 atom stereocenters. The van der Waals surface area contributed by atoms with Crippen LogP contribution in [0.2, 0.25) is 0 Å². The fourth-order valence-electron chi connectivity index (χ4n) is 1.41. The summed E-state index contributed by atoms with van der Waals surface area (Å²) in [6, 6.07) is 0. The molecule has 2 heteroatoms. The van der Waals surface area contributed by atoms with Crippen LogP contribution in [0.3, 0.4) is 0 Å². The quantitative estimate of drug-likeness (QED) is 0.434. The first-order chi connectivity index (χ1) is 5.77. The second-order valence-corrected chi connectivity index (χ2v) is 5.50. The molecule has 2 nitrogen and oxygen atoms in total. The molecule has 0 aromatic heterocycles. The van der Waals surface area contributed by atoms with Gasteiger partial charge in [-0.25, -0.2) is 0 Å². The van der Waals surface area contributed by atoms with Gasteiger partial charge in [0.1, 0.15) is 0 Å². The molecule has 78 valence electrons. The lowest BCUT2D eigenvalue weighted by Gasteiger charge is -2.30. The molecule has 0 spiro atoms. The first-order valence-electron chi connectivity index (χ1n) is 5.00. The van der Waals surface area contributed by atoms with E-state index in [2.05, 4.69) is 41.8 Å². The maximum absolute atomic E-state index is 3.78. The number of rotatable bonds is 6. The highest BCUT2D eigenvalue weighted by molar-refractivity contribution is 4.64. The van der Waals surface area contributed by atoms with Crippen molar-refractivity contribution >= 4 is 0 Å². The van der Waals surface area contributed by atoms with E-state index in [4.69, 9.17) is 0 Å². The van der Waals surface area contributed by atoms with Gasteiger partial charge in [-0.15, -0.1) is 0 Å². The Morgan fingerprint density at radius 3 is 1.92 bits per heavy atom. The molecule has 0 radical (unpaired) electrons. The minimum atomic E-state index is 1.06. The Kier molecular flexibility index (Phi) is 4.65. The third-order valence-corrected chi connectivity index (χ3v) is 2.22. The van der Waals surface area contributed by atoms with Gasteiger partial charge in [0.05, 0.1) is 54.9 Å². The normalized spacial score (nSPS) is 13.0. The van der Waals surface area contributed by atoms with Crippen LogP contribution in [0.4, 0.5) is 0 Å². The summed E-state index contributed by atoms with van der Waals surface area (Å²) in [6.45, 7) is 7.34. The second-order valence-electron chi connectivity index (χ2n) is 5.50. The van der Waals surface area contributed by atoms with E-state index in [9.17, 15) is 0 Å². The molecule has 0 aliphatic carbocycles. The first kappa shape index (κ1) is 12.7. The molecule has 0 aliphatic rings. The Morgan fingerprint density at radius 1 is 1.00 bits per heavy atom. The number of nitrogens with zero attached hydrogens (tertiary/aromatic N) is 2. The van der Waals surface area contributed by atoms with Gasteiger partial charge in [0, 0.05) is 6.42 Å². The summed E-state index contributed by atoms with van der Waals surface area (Å²) in [5, 5.41) is 0. The van der Waals surface area contributed by atoms with Gasteiger partial charge >= 0.3 is 0 Å². The van der Waals surface area contributed by atoms with Gasteiger partial charge in [0.25, 0.3) is 0 Å². The van der Waals surface area contributed by atoms with E-state index in [0.717, 1.165) is 15.5 Å². The first-order valence-corrected chi connectivity index (χ1v) is 5.00. The topological polar surface area (TPSA) is 0 Å². The van der Waals surface area contributed by atoms with Crippen molar-refractivity contribution in [2.24, 2.45) is 0 Å². The van der Waals surface area contributed by atoms with Gasteiger partial charge in [-0.05, 0) is 6.08 Å².